The molecule has 0 bridgehead atoms. The largest absolute Gasteiger partial charge is 0.497 e. The zero-order valence-corrected chi connectivity index (χ0v) is 12.7. The zero-order valence-electron chi connectivity index (χ0n) is 12.7. The summed E-state index contributed by atoms with van der Waals surface area (Å²) >= 11 is 0. The summed E-state index contributed by atoms with van der Waals surface area (Å²) in [5, 5.41) is 7.36. The molecular weight excluding hydrogens is 264 g/mol. The molecule has 1 saturated heterocycles. The van der Waals surface area contributed by atoms with E-state index in [2.05, 4.69) is 39.2 Å². The number of aromatic amines is 1. The van der Waals surface area contributed by atoms with E-state index in [0.29, 0.717) is 0 Å². The van der Waals surface area contributed by atoms with Crippen LogP contribution in [0.5, 0.6) is 5.75 Å². The average Bonchev–Trinajstić information content (AvgIpc) is 2.98. The van der Waals surface area contributed by atoms with Crippen LogP contribution in [0.3, 0.4) is 0 Å². The Morgan fingerprint density at radius 1 is 1.14 bits per heavy atom. The van der Waals surface area contributed by atoms with E-state index in [0.717, 1.165) is 49.7 Å². The lowest BCUT2D eigenvalue weighted by Gasteiger charge is -2.32. The number of piperazine rings is 1. The lowest BCUT2D eigenvalue weighted by molar-refractivity contribution is 0.148. The van der Waals surface area contributed by atoms with Crippen LogP contribution in [0.4, 0.5) is 0 Å². The van der Waals surface area contributed by atoms with Crippen molar-refractivity contribution in [1.82, 2.24) is 20.0 Å². The molecule has 1 fully saturated rings. The summed E-state index contributed by atoms with van der Waals surface area (Å²) in [6.07, 6.45) is 1.94. The van der Waals surface area contributed by atoms with Gasteiger partial charge < -0.3 is 9.64 Å². The maximum atomic E-state index is 5.21. The molecule has 1 aromatic heterocycles. The van der Waals surface area contributed by atoms with Gasteiger partial charge in [-0.15, -0.1) is 0 Å². The molecule has 5 nitrogen and oxygen atoms in total. The Labute approximate surface area is 125 Å². The monoisotopic (exact) mass is 286 g/mol. The molecule has 0 amide bonds. The van der Waals surface area contributed by atoms with Gasteiger partial charge in [0, 0.05) is 43.9 Å². The maximum Gasteiger partial charge on any atom is 0.118 e. The summed E-state index contributed by atoms with van der Waals surface area (Å²) in [4.78, 5) is 4.86. The smallest absolute Gasteiger partial charge is 0.118 e. The van der Waals surface area contributed by atoms with Crippen LogP contribution in [0, 0.1) is 0 Å². The molecule has 0 unspecified atom stereocenters. The van der Waals surface area contributed by atoms with E-state index in [1.54, 1.807) is 7.11 Å². The van der Waals surface area contributed by atoms with Gasteiger partial charge in [-0.3, -0.25) is 10.00 Å². The molecule has 1 aliphatic heterocycles. The third-order valence-corrected chi connectivity index (χ3v) is 4.09. The first-order chi connectivity index (χ1) is 10.3. The highest BCUT2D eigenvalue weighted by Crippen LogP contribution is 2.24. The minimum Gasteiger partial charge on any atom is -0.497 e. The summed E-state index contributed by atoms with van der Waals surface area (Å²) in [6.45, 7) is 5.45. The molecule has 2 aromatic rings. The number of hydrogen-bond donors (Lipinski definition) is 1. The molecule has 1 N–H and O–H groups in total. The van der Waals surface area contributed by atoms with Crippen molar-refractivity contribution in [3.05, 3.63) is 36.0 Å². The summed E-state index contributed by atoms with van der Waals surface area (Å²) in [5.74, 6) is 0.874. The van der Waals surface area contributed by atoms with Gasteiger partial charge in [-0.1, -0.05) is 0 Å². The number of nitrogens with one attached hydrogen (secondary N) is 1. The quantitative estimate of drug-likeness (QED) is 0.931. The van der Waals surface area contributed by atoms with Crippen molar-refractivity contribution in [1.29, 1.82) is 0 Å². The molecule has 5 heteroatoms. The molecule has 3 rings (SSSR count). The minimum atomic E-state index is 0.874. The van der Waals surface area contributed by atoms with Gasteiger partial charge in [0.05, 0.1) is 19.0 Å². The van der Waals surface area contributed by atoms with E-state index in [9.17, 15) is 0 Å². The number of methoxy groups -OCH3 is 1. The van der Waals surface area contributed by atoms with E-state index in [4.69, 9.17) is 4.74 Å². The van der Waals surface area contributed by atoms with Crippen molar-refractivity contribution in [3.63, 3.8) is 0 Å². The van der Waals surface area contributed by atoms with Crippen LogP contribution < -0.4 is 4.74 Å². The fourth-order valence-corrected chi connectivity index (χ4v) is 2.69. The second-order valence-corrected chi connectivity index (χ2v) is 5.58. The highest BCUT2D eigenvalue weighted by atomic mass is 16.5. The number of likely N-dealkylation sites (N-methyl/N-ethyl adjacent to an activating group) is 1. The molecule has 112 valence electrons. The van der Waals surface area contributed by atoms with Crippen LogP contribution in [0.1, 0.15) is 5.56 Å². The van der Waals surface area contributed by atoms with Crippen LogP contribution >= 0.6 is 0 Å². The number of hydrogen-bond acceptors (Lipinski definition) is 4. The highest BCUT2D eigenvalue weighted by molar-refractivity contribution is 5.63. The van der Waals surface area contributed by atoms with Crippen LogP contribution in [0.2, 0.25) is 0 Å². The van der Waals surface area contributed by atoms with E-state index >= 15 is 0 Å². The van der Waals surface area contributed by atoms with Crippen molar-refractivity contribution in [2.45, 2.75) is 6.54 Å². The molecule has 21 heavy (non-hydrogen) atoms. The molecule has 0 saturated carbocycles. The molecule has 2 heterocycles. The van der Waals surface area contributed by atoms with E-state index in [-0.39, 0.29) is 0 Å². The molecule has 1 aromatic carbocycles. The first-order valence-electron chi connectivity index (χ1n) is 7.34. The van der Waals surface area contributed by atoms with E-state index in [1.165, 1.54) is 5.56 Å². The number of H-pyrrole nitrogens is 1. The van der Waals surface area contributed by atoms with Crippen molar-refractivity contribution in [2.24, 2.45) is 0 Å². The fourth-order valence-electron chi connectivity index (χ4n) is 2.69. The van der Waals surface area contributed by atoms with Crippen molar-refractivity contribution in [3.8, 4) is 17.0 Å². The predicted octanol–water partition coefficient (Wildman–Crippen LogP) is 1.83. The second-order valence-electron chi connectivity index (χ2n) is 5.58. The Morgan fingerprint density at radius 3 is 2.52 bits per heavy atom. The molecule has 0 radical (unpaired) electrons. The van der Waals surface area contributed by atoms with Crippen molar-refractivity contribution < 1.29 is 4.74 Å². The number of nitrogens with zero attached hydrogens (tertiary/aromatic N) is 3. The molecule has 0 atom stereocenters. The third kappa shape index (κ3) is 3.25. The fraction of sp³-hybridized carbons (Fsp3) is 0.438. The van der Waals surface area contributed by atoms with Crippen molar-refractivity contribution in [2.75, 3.05) is 40.3 Å². The lowest BCUT2D eigenvalue weighted by Crippen LogP contribution is -2.43. The standard InChI is InChI=1S/C16H22N4O/c1-19-7-9-20(10-8-19)12-14-11-17-18-16(14)13-3-5-15(21-2)6-4-13/h3-6,11H,7-10,12H2,1-2H3,(H,17,18). The number of rotatable bonds is 4. The Morgan fingerprint density at radius 2 is 1.86 bits per heavy atom. The summed E-state index contributed by atoms with van der Waals surface area (Å²) < 4.78 is 5.21. The number of benzene rings is 1. The topological polar surface area (TPSA) is 44.4 Å². The second kappa shape index (κ2) is 6.28. The normalized spacial score (nSPS) is 17.0. The Bertz CT molecular complexity index is 570. The van der Waals surface area contributed by atoms with Gasteiger partial charge in [0.2, 0.25) is 0 Å². The van der Waals surface area contributed by atoms with E-state index in [1.807, 2.05) is 18.3 Å². The van der Waals surface area contributed by atoms with Crippen LogP contribution in [-0.2, 0) is 6.54 Å². The van der Waals surface area contributed by atoms with Gasteiger partial charge in [0.15, 0.2) is 0 Å². The predicted molar refractivity (Wildman–Crippen MR) is 83.3 cm³/mol. The maximum absolute atomic E-state index is 5.21. The van der Waals surface area contributed by atoms with Gasteiger partial charge in [0.1, 0.15) is 5.75 Å². The lowest BCUT2D eigenvalue weighted by atomic mass is 10.1. The van der Waals surface area contributed by atoms with Gasteiger partial charge in [-0.2, -0.15) is 5.10 Å². The van der Waals surface area contributed by atoms with Gasteiger partial charge in [0.25, 0.3) is 0 Å². The van der Waals surface area contributed by atoms with E-state index < -0.39 is 0 Å². The molecular formula is C16H22N4O. The first kappa shape index (κ1) is 14.1. The van der Waals surface area contributed by atoms with Crippen LogP contribution in [0.25, 0.3) is 11.3 Å². The number of aromatic nitrogens is 2. The average molecular weight is 286 g/mol. The van der Waals surface area contributed by atoms with Gasteiger partial charge in [-0.25, -0.2) is 0 Å². The molecule has 0 spiro atoms. The third-order valence-electron chi connectivity index (χ3n) is 4.09. The summed E-state index contributed by atoms with van der Waals surface area (Å²) in [6, 6.07) is 8.10. The SMILES string of the molecule is COc1ccc(-c2[nH]ncc2CN2CCN(C)CC2)cc1. The summed E-state index contributed by atoms with van der Waals surface area (Å²) in [7, 11) is 3.86. The molecule has 1 aliphatic rings. The highest BCUT2D eigenvalue weighted by Gasteiger charge is 2.16. The van der Waals surface area contributed by atoms with Crippen LogP contribution in [-0.4, -0.2) is 60.3 Å². The van der Waals surface area contributed by atoms with Crippen molar-refractivity contribution >= 4 is 0 Å². The molecule has 0 aliphatic carbocycles. The first-order valence-corrected chi connectivity index (χ1v) is 7.34. The zero-order chi connectivity index (χ0) is 14.7. The summed E-state index contributed by atoms with van der Waals surface area (Å²) in [5.41, 5.74) is 3.51. The minimum absolute atomic E-state index is 0.874. The number of ether oxygens (including phenoxy) is 1. The Balaban J connectivity index is 1.74. The van der Waals surface area contributed by atoms with Crippen LogP contribution in [0.15, 0.2) is 30.5 Å². The van der Waals surface area contributed by atoms with Gasteiger partial charge in [-0.05, 0) is 31.3 Å². The van der Waals surface area contributed by atoms with Gasteiger partial charge >= 0.3 is 0 Å². The Hall–Kier alpha value is -1.85. The Kier molecular flexibility index (Phi) is 4.22.